The quantitative estimate of drug-likeness (QED) is 0.854. The molecule has 88 valence electrons. The molecule has 0 bridgehead atoms. The van der Waals surface area contributed by atoms with Crippen LogP contribution in [0, 0.1) is 5.92 Å². The fraction of sp³-hybridized carbons (Fsp3) is 0.538. The van der Waals surface area contributed by atoms with E-state index >= 15 is 0 Å². The molecule has 1 aromatic rings. The number of nitrogens with two attached hydrogens (primary N) is 1. The first kappa shape index (κ1) is 11.8. The molecule has 0 amide bonds. The van der Waals surface area contributed by atoms with Gasteiger partial charge in [0, 0.05) is 17.1 Å². The highest BCUT2D eigenvalue weighted by Gasteiger charge is 2.30. The van der Waals surface area contributed by atoms with Crippen molar-refractivity contribution in [2.75, 3.05) is 17.2 Å². The highest BCUT2D eigenvalue weighted by Crippen LogP contribution is 2.36. The van der Waals surface area contributed by atoms with Gasteiger partial charge in [-0.05, 0) is 37.0 Å². The Morgan fingerprint density at radius 1 is 1.44 bits per heavy atom. The normalized spacial score (nSPS) is 15.5. The Morgan fingerprint density at radius 3 is 2.69 bits per heavy atom. The van der Waals surface area contributed by atoms with Crippen LogP contribution >= 0.6 is 15.9 Å². The van der Waals surface area contributed by atoms with Gasteiger partial charge in [0.25, 0.3) is 0 Å². The average Bonchev–Trinajstić information content (AvgIpc) is 3.02. The molecule has 0 atom stereocenters. The van der Waals surface area contributed by atoms with Crippen molar-refractivity contribution >= 4 is 27.3 Å². The number of hydrogen-bond acceptors (Lipinski definition) is 2. The zero-order chi connectivity index (χ0) is 11.7. The van der Waals surface area contributed by atoms with Crippen LogP contribution in [0.1, 0.15) is 26.7 Å². The van der Waals surface area contributed by atoms with Crippen molar-refractivity contribution in [2.45, 2.75) is 32.7 Å². The van der Waals surface area contributed by atoms with E-state index in [-0.39, 0.29) is 0 Å². The van der Waals surface area contributed by atoms with Crippen LogP contribution < -0.4 is 10.6 Å². The van der Waals surface area contributed by atoms with Crippen LogP contribution in [-0.2, 0) is 0 Å². The smallest absolute Gasteiger partial charge is 0.0613 e. The molecule has 0 spiro atoms. The molecule has 2 N–H and O–H groups in total. The van der Waals surface area contributed by atoms with Crippen molar-refractivity contribution in [3.63, 3.8) is 0 Å². The van der Waals surface area contributed by atoms with Gasteiger partial charge >= 0.3 is 0 Å². The zero-order valence-electron chi connectivity index (χ0n) is 9.91. The highest BCUT2D eigenvalue weighted by molar-refractivity contribution is 9.10. The molecule has 0 aromatic heterocycles. The Balaban J connectivity index is 2.26. The van der Waals surface area contributed by atoms with E-state index in [0.29, 0.717) is 12.0 Å². The SMILES string of the molecule is CC(C)CN(c1cc(Br)ccc1N)C1CC1. The molecular weight excluding hydrogens is 264 g/mol. The summed E-state index contributed by atoms with van der Waals surface area (Å²) in [7, 11) is 0. The maximum absolute atomic E-state index is 6.07. The molecule has 1 saturated carbocycles. The molecule has 1 fully saturated rings. The van der Waals surface area contributed by atoms with Gasteiger partial charge in [0.2, 0.25) is 0 Å². The standard InChI is InChI=1S/C13H19BrN2/c1-9(2)8-16(11-4-5-11)13-7-10(14)3-6-12(13)15/h3,6-7,9,11H,4-5,8,15H2,1-2H3. The second-order valence-electron chi connectivity index (χ2n) is 4.98. The molecule has 1 aliphatic rings. The zero-order valence-corrected chi connectivity index (χ0v) is 11.5. The molecule has 3 heteroatoms. The molecule has 0 unspecified atom stereocenters. The lowest BCUT2D eigenvalue weighted by atomic mass is 10.1. The van der Waals surface area contributed by atoms with Crippen molar-refractivity contribution < 1.29 is 0 Å². The van der Waals surface area contributed by atoms with Gasteiger partial charge in [-0.2, -0.15) is 0 Å². The molecule has 2 nitrogen and oxygen atoms in total. The highest BCUT2D eigenvalue weighted by atomic mass is 79.9. The average molecular weight is 283 g/mol. The van der Waals surface area contributed by atoms with Crippen LogP contribution in [0.25, 0.3) is 0 Å². The third kappa shape index (κ3) is 2.70. The molecular formula is C13H19BrN2. The van der Waals surface area contributed by atoms with Gasteiger partial charge in [-0.1, -0.05) is 29.8 Å². The van der Waals surface area contributed by atoms with E-state index in [2.05, 4.69) is 40.7 Å². The number of rotatable bonds is 4. The largest absolute Gasteiger partial charge is 0.397 e. The van der Waals surface area contributed by atoms with Crippen molar-refractivity contribution in [3.8, 4) is 0 Å². The third-order valence-electron chi connectivity index (χ3n) is 2.85. The van der Waals surface area contributed by atoms with E-state index < -0.39 is 0 Å². The van der Waals surface area contributed by atoms with E-state index in [1.165, 1.54) is 18.5 Å². The van der Waals surface area contributed by atoms with Crippen molar-refractivity contribution in [2.24, 2.45) is 5.92 Å². The van der Waals surface area contributed by atoms with E-state index in [1.807, 2.05) is 12.1 Å². The number of hydrogen-bond donors (Lipinski definition) is 1. The molecule has 0 aliphatic heterocycles. The Labute approximate surface area is 106 Å². The minimum Gasteiger partial charge on any atom is -0.397 e. The summed E-state index contributed by atoms with van der Waals surface area (Å²) < 4.78 is 1.10. The van der Waals surface area contributed by atoms with Crippen LogP contribution in [0.4, 0.5) is 11.4 Å². The molecule has 0 heterocycles. The van der Waals surface area contributed by atoms with Gasteiger partial charge in [-0.3, -0.25) is 0 Å². The molecule has 0 radical (unpaired) electrons. The van der Waals surface area contributed by atoms with Gasteiger partial charge in [-0.15, -0.1) is 0 Å². The summed E-state index contributed by atoms with van der Waals surface area (Å²) in [5.41, 5.74) is 8.14. The van der Waals surface area contributed by atoms with Crippen LogP contribution in [0.2, 0.25) is 0 Å². The van der Waals surface area contributed by atoms with E-state index in [1.54, 1.807) is 0 Å². The van der Waals surface area contributed by atoms with Crippen molar-refractivity contribution in [3.05, 3.63) is 22.7 Å². The summed E-state index contributed by atoms with van der Waals surface area (Å²) in [6.07, 6.45) is 2.61. The van der Waals surface area contributed by atoms with E-state index in [4.69, 9.17) is 5.73 Å². The summed E-state index contributed by atoms with van der Waals surface area (Å²) in [5, 5.41) is 0. The third-order valence-corrected chi connectivity index (χ3v) is 3.34. The lowest BCUT2D eigenvalue weighted by Gasteiger charge is -2.28. The minimum atomic E-state index is 0.666. The lowest BCUT2D eigenvalue weighted by molar-refractivity contribution is 0.608. The monoisotopic (exact) mass is 282 g/mol. The van der Waals surface area contributed by atoms with E-state index in [0.717, 1.165) is 16.7 Å². The lowest BCUT2D eigenvalue weighted by Crippen LogP contribution is -2.30. The fourth-order valence-electron chi connectivity index (χ4n) is 1.99. The molecule has 0 saturated heterocycles. The first-order chi connectivity index (χ1) is 7.58. The number of nitrogens with zero attached hydrogens (tertiary/aromatic N) is 1. The maximum Gasteiger partial charge on any atom is 0.0613 e. The molecule has 16 heavy (non-hydrogen) atoms. The van der Waals surface area contributed by atoms with Crippen LogP contribution in [0.15, 0.2) is 22.7 Å². The Bertz CT molecular complexity index is 372. The summed E-state index contributed by atoms with van der Waals surface area (Å²) in [5.74, 6) is 0.666. The second-order valence-corrected chi connectivity index (χ2v) is 5.90. The van der Waals surface area contributed by atoms with Gasteiger partial charge < -0.3 is 10.6 Å². The van der Waals surface area contributed by atoms with Crippen LogP contribution in [-0.4, -0.2) is 12.6 Å². The first-order valence-electron chi connectivity index (χ1n) is 5.89. The summed E-state index contributed by atoms with van der Waals surface area (Å²) in [4.78, 5) is 2.46. The topological polar surface area (TPSA) is 29.3 Å². The summed E-state index contributed by atoms with van der Waals surface area (Å²) in [6, 6.07) is 6.82. The van der Waals surface area contributed by atoms with Crippen LogP contribution in [0.3, 0.4) is 0 Å². The van der Waals surface area contributed by atoms with Crippen LogP contribution in [0.5, 0.6) is 0 Å². The van der Waals surface area contributed by atoms with E-state index in [9.17, 15) is 0 Å². The van der Waals surface area contributed by atoms with Gasteiger partial charge in [0.1, 0.15) is 0 Å². The number of anilines is 2. The Hall–Kier alpha value is -0.700. The first-order valence-corrected chi connectivity index (χ1v) is 6.69. The predicted octanol–water partition coefficient (Wildman–Crippen LogP) is 3.66. The number of nitrogen functional groups attached to an aromatic ring is 1. The molecule has 2 rings (SSSR count). The van der Waals surface area contributed by atoms with Crippen molar-refractivity contribution in [1.29, 1.82) is 0 Å². The molecule has 1 aromatic carbocycles. The minimum absolute atomic E-state index is 0.666. The number of benzene rings is 1. The Morgan fingerprint density at radius 2 is 2.12 bits per heavy atom. The maximum atomic E-state index is 6.07. The van der Waals surface area contributed by atoms with Crippen molar-refractivity contribution in [1.82, 2.24) is 0 Å². The fourth-order valence-corrected chi connectivity index (χ4v) is 2.34. The number of halogens is 1. The van der Waals surface area contributed by atoms with Gasteiger partial charge in [0.05, 0.1) is 11.4 Å². The summed E-state index contributed by atoms with van der Waals surface area (Å²) >= 11 is 3.52. The molecule has 1 aliphatic carbocycles. The second kappa shape index (κ2) is 4.66. The van der Waals surface area contributed by atoms with Gasteiger partial charge in [0.15, 0.2) is 0 Å². The summed E-state index contributed by atoms with van der Waals surface area (Å²) in [6.45, 7) is 5.60. The van der Waals surface area contributed by atoms with Gasteiger partial charge in [-0.25, -0.2) is 0 Å². The predicted molar refractivity (Wildman–Crippen MR) is 73.8 cm³/mol. The Kier molecular flexibility index (Phi) is 3.43.